The maximum atomic E-state index is 14.4. The van der Waals surface area contributed by atoms with Gasteiger partial charge in [-0.2, -0.15) is 0 Å². The van der Waals surface area contributed by atoms with E-state index in [4.69, 9.17) is 4.74 Å². The summed E-state index contributed by atoms with van der Waals surface area (Å²) in [7, 11) is 0. The van der Waals surface area contributed by atoms with Crippen LogP contribution in [-0.4, -0.2) is 29.9 Å². The summed E-state index contributed by atoms with van der Waals surface area (Å²) < 4.78 is 48.7. The summed E-state index contributed by atoms with van der Waals surface area (Å²) >= 11 is 0. The van der Waals surface area contributed by atoms with E-state index < -0.39 is 23.2 Å². The van der Waals surface area contributed by atoms with Gasteiger partial charge in [-0.15, -0.1) is 0 Å². The zero-order valence-corrected chi connectivity index (χ0v) is 18.6. The third-order valence-electron chi connectivity index (χ3n) is 7.54. The van der Waals surface area contributed by atoms with E-state index in [1.807, 2.05) is 17.0 Å². The molecule has 3 aromatic carbocycles. The smallest absolute Gasteiger partial charge is 0.230 e. The highest BCUT2D eigenvalue weighted by atomic mass is 19.2. The lowest BCUT2D eigenvalue weighted by molar-refractivity contribution is -0.157. The molecule has 1 saturated carbocycles. The molecule has 2 unspecified atom stereocenters. The van der Waals surface area contributed by atoms with E-state index in [1.165, 1.54) is 18.2 Å². The SMILES string of the molecule is O=C(C1CNCCC12OCc1cc(F)c(F)cc12)N(Cc1ccc(F)c2ccccc12)C1CC1. The largest absolute Gasteiger partial charge is 0.365 e. The fraction of sp³-hybridized carbons (Fsp3) is 0.370. The molecule has 1 N–H and O–H groups in total. The fourth-order valence-electron chi connectivity index (χ4n) is 5.65. The molecule has 1 aliphatic carbocycles. The minimum atomic E-state index is -0.982. The van der Waals surface area contributed by atoms with E-state index in [9.17, 15) is 18.0 Å². The van der Waals surface area contributed by atoms with E-state index >= 15 is 0 Å². The molecule has 1 amide bonds. The first-order valence-corrected chi connectivity index (χ1v) is 11.8. The van der Waals surface area contributed by atoms with Gasteiger partial charge in [-0.25, -0.2) is 13.2 Å². The Labute approximate surface area is 195 Å². The molecule has 0 aromatic heterocycles. The number of hydrogen-bond donors (Lipinski definition) is 1. The van der Waals surface area contributed by atoms with Crippen LogP contribution in [0.5, 0.6) is 0 Å². The van der Waals surface area contributed by atoms with Gasteiger partial charge in [0, 0.05) is 24.5 Å². The lowest BCUT2D eigenvalue weighted by atomic mass is 9.75. The van der Waals surface area contributed by atoms with Crippen molar-refractivity contribution in [3.63, 3.8) is 0 Å². The molecule has 34 heavy (non-hydrogen) atoms. The molecule has 176 valence electrons. The zero-order valence-electron chi connectivity index (χ0n) is 18.6. The Bertz CT molecular complexity index is 1290. The maximum Gasteiger partial charge on any atom is 0.230 e. The highest BCUT2D eigenvalue weighted by Crippen LogP contribution is 2.48. The van der Waals surface area contributed by atoms with E-state index in [0.29, 0.717) is 42.6 Å². The Balaban J connectivity index is 1.37. The first kappa shape index (κ1) is 21.6. The van der Waals surface area contributed by atoms with Crippen molar-refractivity contribution >= 4 is 16.7 Å². The summed E-state index contributed by atoms with van der Waals surface area (Å²) in [6.45, 7) is 1.53. The van der Waals surface area contributed by atoms with Gasteiger partial charge >= 0.3 is 0 Å². The summed E-state index contributed by atoms with van der Waals surface area (Å²) in [5.74, 6) is -2.76. The van der Waals surface area contributed by atoms with Crippen LogP contribution in [-0.2, 0) is 28.3 Å². The summed E-state index contributed by atoms with van der Waals surface area (Å²) in [5, 5.41) is 4.62. The summed E-state index contributed by atoms with van der Waals surface area (Å²) in [6.07, 6.45) is 2.32. The fourth-order valence-corrected chi connectivity index (χ4v) is 5.65. The second-order valence-corrected chi connectivity index (χ2v) is 9.56. The number of halogens is 3. The first-order valence-electron chi connectivity index (χ1n) is 11.8. The molecule has 1 saturated heterocycles. The second-order valence-electron chi connectivity index (χ2n) is 9.56. The zero-order chi connectivity index (χ0) is 23.4. The first-order chi connectivity index (χ1) is 16.5. The van der Waals surface area contributed by atoms with Crippen LogP contribution in [0.1, 0.15) is 36.0 Å². The molecule has 1 spiro atoms. The summed E-state index contributed by atoms with van der Waals surface area (Å²) in [4.78, 5) is 15.9. The number of ether oxygens (including phenoxy) is 1. The van der Waals surface area contributed by atoms with Crippen molar-refractivity contribution < 1.29 is 22.7 Å². The van der Waals surface area contributed by atoms with Crippen LogP contribution in [0.2, 0.25) is 0 Å². The molecule has 4 nitrogen and oxygen atoms in total. The van der Waals surface area contributed by atoms with Crippen LogP contribution in [0.15, 0.2) is 48.5 Å². The lowest BCUT2D eigenvalue weighted by Crippen LogP contribution is -2.55. The molecule has 2 aliphatic heterocycles. The predicted octanol–water partition coefficient (Wildman–Crippen LogP) is 4.78. The van der Waals surface area contributed by atoms with Gasteiger partial charge in [0.15, 0.2) is 11.6 Å². The number of rotatable bonds is 4. The number of fused-ring (bicyclic) bond motifs is 3. The minimum Gasteiger partial charge on any atom is -0.365 e. The maximum absolute atomic E-state index is 14.4. The molecule has 6 rings (SSSR count). The van der Waals surface area contributed by atoms with Gasteiger partial charge in [0.05, 0.1) is 12.5 Å². The third kappa shape index (κ3) is 3.41. The highest BCUT2D eigenvalue weighted by molar-refractivity contribution is 5.87. The Morgan fingerprint density at radius 3 is 2.59 bits per heavy atom. The molecule has 3 aliphatic rings. The number of carbonyl (C=O) groups excluding carboxylic acids is 1. The van der Waals surface area contributed by atoms with Gasteiger partial charge in [-0.3, -0.25) is 4.79 Å². The molecule has 2 atom stereocenters. The molecule has 2 fully saturated rings. The van der Waals surface area contributed by atoms with Crippen molar-refractivity contribution in [2.75, 3.05) is 13.1 Å². The van der Waals surface area contributed by atoms with Crippen molar-refractivity contribution in [1.82, 2.24) is 10.2 Å². The molecular weight excluding hydrogens is 441 g/mol. The molecule has 0 bridgehead atoms. The van der Waals surface area contributed by atoms with Crippen LogP contribution < -0.4 is 5.32 Å². The van der Waals surface area contributed by atoms with E-state index in [0.717, 1.165) is 23.8 Å². The predicted molar refractivity (Wildman–Crippen MR) is 121 cm³/mol. The average molecular weight is 467 g/mol. The standard InChI is InChI=1S/C27H25F3N2O2/c28-23-8-5-16(19-3-1-2-4-20(19)23)14-32(18-6-7-18)26(33)22-13-31-10-9-27(22)21-12-25(30)24(29)11-17(21)15-34-27/h1-5,8,11-12,18,22,31H,6-7,9-10,13-15H2. The van der Waals surface area contributed by atoms with Gasteiger partial charge < -0.3 is 15.0 Å². The van der Waals surface area contributed by atoms with E-state index in [1.54, 1.807) is 18.2 Å². The van der Waals surface area contributed by atoms with Crippen molar-refractivity contribution in [1.29, 1.82) is 0 Å². The quantitative estimate of drug-likeness (QED) is 0.602. The molecule has 0 radical (unpaired) electrons. The summed E-state index contributed by atoms with van der Waals surface area (Å²) in [6, 6.07) is 13.0. The van der Waals surface area contributed by atoms with Crippen molar-refractivity contribution in [3.8, 4) is 0 Å². The van der Waals surface area contributed by atoms with Crippen LogP contribution in [0.4, 0.5) is 13.2 Å². The topological polar surface area (TPSA) is 41.6 Å². The van der Waals surface area contributed by atoms with Crippen LogP contribution in [0, 0.1) is 23.4 Å². The van der Waals surface area contributed by atoms with E-state index in [2.05, 4.69) is 5.32 Å². The molecular formula is C27H25F3N2O2. The van der Waals surface area contributed by atoms with Crippen molar-refractivity contribution in [3.05, 3.63) is 82.7 Å². The van der Waals surface area contributed by atoms with Crippen LogP contribution in [0.3, 0.4) is 0 Å². The number of nitrogens with zero attached hydrogens (tertiary/aromatic N) is 1. The van der Waals surface area contributed by atoms with Crippen LogP contribution >= 0.6 is 0 Å². The Kier molecular flexibility index (Phi) is 5.15. The van der Waals surface area contributed by atoms with Crippen molar-refractivity contribution in [2.45, 2.75) is 44.1 Å². The lowest BCUT2D eigenvalue weighted by Gasteiger charge is -2.43. The third-order valence-corrected chi connectivity index (χ3v) is 7.54. The Morgan fingerprint density at radius 1 is 1.03 bits per heavy atom. The number of hydrogen-bond acceptors (Lipinski definition) is 3. The number of amides is 1. The van der Waals surface area contributed by atoms with Gasteiger partial charge in [0.25, 0.3) is 0 Å². The average Bonchev–Trinajstić information content (AvgIpc) is 3.64. The normalized spacial score (nSPS) is 23.9. The van der Waals surface area contributed by atoms with E-state index in [-0.39, 0.29) is 24.4 Å². The monoisotopic (exact) mass is 466 g/mol. The van der Waals surface area contributed by atoms with Gasteiger partial charge in [0.2, 0.25) is 5.91 Å². The van der Waals surface area contributed by atoms with Gasteiger partial charge in [-0.05, 0) is 66.1 Å². The van der Waals surface area contributed by atoms with Crippen LogP contribution in [0.25, 0.3) is 10.8 Å². The minimum absolute atomic E-state index is 0.0688. The summed E-state index contributed by atoms with van der Waals surface area (Å²) in [5.41, 5.74) is 1.08. The Hall–Kier alpha value is -2.90. The highest BCUT2D eigenvalue weighted by Gasteiger charge is 2.53. The second kappa shape index (κ2) is 8.10. The molecule has 3 aromatic rings. The molecule has 2 heterocycles. The number of benzene rings is 3. The van der Waals surface area contributed by atoms with Gasteiger partial charge in [-0.1, -0.05) is 30.3 Å². The van der Waals surface area contributed by atoms with Crippen molar-refractivity contribution in [2.24, 2.45) is 5.92 Å². The number of piperidine rings is 1. The van der Waals surface area contributed by atoms with Gasteiger partial charge in [0.1, 0.15) is 11.4 Å². The number of carbonyl (C=O) groups is 1. The molecule has 7 heteroatoms. The number of nitrogens with one attached hydrogen (secondary N) is 1. The Morgan fingerprint density at radius 2 is 1.79 bits per heavy atom.